The molecule has 1 heterocycles. The number of thioether (sulfide) groups is 1. The van der Waals surface area contributed by atoms with Gasteiger partial charge in [0.1, 0.15) is 11.5 Å². The molecule has 0 aliphatic rings. The average Bonchev–Trinajstić information content (AvgIpc) is 3.29. The van der Waals surface area contributed by atoms with E-state index in [-0.39, 0.29) is 11.7 Å². The van der Waals surface area contributed by atoms with Crippen LogP contribution in [0.15, 0.2) is 78.5 Å². The van der Waals surface area contributed by atoms with E-state index in [9.17, 15) is 4.79 Å². The summed E-state index contributed by atoms with van der Waals surface area (Å²) < 4.78 is 12.7. The van der Waals surface area contributed by atoms with E-state index in [0.29, 0.717) is 29.8 Å². The van der Waals surface area contributed by atoms with E-state index in [1.807, 2.05) is 60.1 Å². The Morgan fingerprint density at radius 3 is 2.60 bits per heavy atom. The zero-order valence-corrected chi connectivity index (χ0v) is 20.9. The van der Waals surface area contributed by atoms with Crippen LogP contribution in [0, 0.1) is 0 Å². The summed E-state index contributed by atoms with van der Waals surface area (Å²) >= 11 is 1.37. The van der Waals surface area contributed by atoms with Crippen molar-refractivity contribution in [1.82, 2.24) is 19.7 Å². The van der Waals surface area contributed by atoms with Gasteiger partial charge in [-0.25, -0.2) is 0 Å². The van der Waals surface area contributed by atoms with E-state index in [0.717, 1.165) is 27.6 Å². The second kappa shape index (κ2) is 11.1. The van der Waals surface area contributed by atoms with Gasteiger partial charge >= 0.3 is 0 Å². The van der Waals surface area contributed by atoms with E-state index in [2.05, 4.69) is 28.9 Å². The van der Waals surface area contributed by atoms with Crippen molar-refractivity contribution in [2.24, 2.45) is 0 Å². The van der Waals surface area contributed by atoms with Gasteiger partial charge in [0.25, 0.3) is 0 Å². The number of benzene rings is 3. The molecule has 0 saturated heterocycles. The Morgan fingerprint density at radius 2 is 1.83 bits per heavy atom. The number of carbonyl (C=O) groups excluding carboxylic acids is 1. The molecule has 1 aromatic heterocycles. The molecule has 0 fully saturated rings. The average molecular weight is 489 g/mol. The lowest BCUT2D eigenvalue weighted by Gasteiger charge is -2.17. The summed E-state index contributed by atoms with van der Waals surface area (Å²) in [6.07, 6.45) is 1.79. The first-order valence-corrected chi connectivity index (χ1v) is 12.1. The second-order valence-corrected chi connectivity index (χ2v) is 8.93. The van der Waals surface area contributed by atoms with Crippen LogP contribution in [0.1, 0.15) is 5.56 Å². The van der Waals surface area contributed by atoms with E-state index < -0.39 is 0 Å². The number of nitrogens with zero attached hydrogens (tertiary/aromatic N) is 4. The standard InChI is InChI=1S/C27H28N4O3S/c1-5-14-31-26(23-8-6-7-9-24(23)34-4)28-29-27(31)35-18-25(32)30(2)17-19-10-11-21-16-22(33-3)13-12-20(21)15-19/h5-13,15-16H,1,14,17-18H2,2-4H3. The molecule has 0 aliphatic carbocycles. The number of hydrogen-bond acceptors (Lipinski definition) is 6. The molecule has 1 amide bonds. The number of carbonyl (C=O) groups is 1. The van der Waals surface area contributed by atoms with Crippen molar-refractivity contribution in [2.45, 2.75) is 18.2 Å². The Bertz CT molecular complexity index is 1350. The summed E-state index contributed by atoms with van der Waals surface area (Å²) in [6, 6.07) is 19.8. The first-order chi connectivity index (χ1) is 17.0. The van der Waals surface area contributed by atoms with Crippen LogP contribution in [0.4, 0.5) is 0 Å². The molecule has 180 valence electrons. The van der Waals surface area contributed by atoms with Crippen molar-refractivity contribution in [2.75, 3.05) is 27.0 Å². The number of ether oxygens (including phenoxy) is 2. The fourth-order valence-corrected chi connectivity index (χ4v) is 4.70. The van der Waals surface area contributed by atoms with Gasteiger partial charge in [-0.05, 0) is 46.7 Å². The molecule has 0 aliphatic heterocycles. The highest BCUT2D eigenvalue weighted by Crippen LogP contribution is 2.31. The van der Waals surface area contributed by atoms with Crippen LogP contribution in [0.5, 0.6) is 11.5 Å². The van der Waals surface area contributed by atoms with Crippen LogP contribution in [0.3, 0.4) is 0 Å². The van der Waals surface area contributed by atoms with Gasteiger partial charge < -0.3 is 14.4 Å². The number of methoxy groups -OCH3 is 2. The summed E-state index contributed by atoms with van der Waals surface area (Å²) in [4.78, 5) is 14.6. The maximum Gasteiger partial charge on any atom is 0.233 e. The molecule has 0 bridgehead atoms. The molecular formula is C27H28N4O3S. The third-order valence-corrected chi connectivity index (χ3v) is 6.61. The normalized spacial score (nSPS) is 10.8. The lowest BCUT2D eigenvalue weighted by Crippen LogP contribution is -2.27. The molecule has 0 saturated carbocycles. The number of para-hydroxylation sites is 1. The lowest BCUT2D eigenvalue weighted by molar-refractivity contribution is -0.127. The van der Waals surface area contributed by atoms with Gasteiger partial charge in [0.05, 0.1) is 25.5 Å². The third kappa shape index (κ3) is 5.49. The number of rotatable bonds is 10. The van der Waals surface area contributed by atoms with Crippen molar-refractivity contribution >= 4 is 28.4 Å². The van der Waals surface area contributed by atoms with E-state index in [1.165, 1.54) is 11.8 Å². The summed E-state index contributed by atoms with van der Waals surface area (Å²) in [5, 5.41) is 11.6. The zero-order chi connectivity index (χ0) is 24.8. The zero-order valence-electron chi connectivity index (χ0n) is 20.1. The van der Waals surface area contributed by atoms with Crippen LogP contribution >= 0.6 is 11.8 Å². The van der Waals surface area contributed by atoms with Crippen LogP contribution in [-0.2, 0) is 17.9 Å². The monoisotopic (exact) mass is 488 g/mol. The number of fused-ring (bicyclic) bond motifs is 1. The lowest BCUT2D eigenvalue weighted by atomic mass is 10.1. The summed E-state index contributed by atoms with van der Waals surface area (Å²) in [5.74, 6) is 2.48. The molecule has 0 N–H and O–H groups in total. The molecule has 0 spiro atoms. The van der Waals surface area contributed by atoms with Crippen LogP contribution in [0.25, 0.3) is 22.2 Å². The minimum Gasteiger partial charge on any atom is -0.497 e. The Hall–Kier alpha value is -3.78. The molecule has 0 radical (unpaired) electrons. The van der Waals surface area contributed by atoms with E-state index in [1.54, 1.807) is 25.2 Å². The minimum atomic E-state index is 0.0109. The first kappa shape index (κ1) is 24.3. The SMILES string of the molecule is C=CCn1c(SCC(=O)N(C)Cc2ccc3cc(OC)ccc3c2)nnc1-c1ccccc1OC. The molecule has 4 aromatic rings. The van der Waals surface area contributed by atoms with Crippen LogP contribution in [0.2, 0.25) is 0 Å². The van der Waals surface area contributed by atoms with Gasteiger partial charge in [0, 0.05) is 20.1 Å². The van der Waals surface area contributed by atoms with Gasteiger partial charge in [0.15, 0.2) is 11.0 Å². The number of allylic oxidation sites excluding steroid dienone is 1. The maximum atomic E-state index is 12.9. The fourth-order valence-electron chi connectivity index (χ4n) is 3.81. The van der Waals surface area contributed by atoms with Gasteiger partial charge in [-0.2, -0.15) is 0 Å². The highest BCUT2D eigenvalue weighted by Gasteiger charge is 2.18. The number of amides is 1. The van der Waals surface area contributed by atoms with E-state index in [4.69, 9.17) is 9.47 Å². The molecule has 4 rings (SSSR count). The third-order valence-electron chi connectivity index (χ3n) is 5.66. The quantitative estimate of drug-likeness (QED) is 0.230. The summed E-state index contributed by atoms with van der Waals surface area (Å²) in [7, 11) is 5.10. The molecule has 8 heteroatoms. The van der Waals surface area contributed by atoms with Crippen molar-refractivity contribution in [3.63, 3.8) is 0 Å². The van der Waals surface area contributed by atoms with Gasteiger partial charge in [-0.3, -0.25) is 9.36 Å². The number of hydrogen-bond donors (Lipinski definition) is 0. The Morgan fingerprint density at radius 1 is 1.06 bits per heavy atom. The smallest absolute Gasteiger partial charge is 0.233 e. The minimum absolute atomic E-state index is 0.0109. The van der Waals surface area contributed by atoms with Gasteiger partial charge in [0.2, 0.25) is 5.91 Å². The largest absolute Gasteiger partial charge is 0.497 e. The summed E-state index contributed by atoms with van der Waals surface area (Å²) in [5.41, 5.74) is 1.91. The second-order valence-electron chi connectivity index (χ2n) is 7.99. The highest BCUT2D eigenvalue weighted by molar-refractivity contribution is 7.99. The number of aromatic nitrogens is 3. The van der Waals surface area contributed by atoms with Crippen LogP contribution in [-0.4, -0.2) is 52.6 Å². The topological polar surface area (TPSA) is 69.5 Å². The van der Waals surface area contributed by atoms with Crippen molar-refractivity contribution in [3.05, 3.63) is 78.9 Å². The molecule has 35 heavy (non-hydrogen) atoms. The molecule has 7 nitrogen and oxygen atoms in total. The molecule has 0 atom stereocenters. The van der Waals surface area contributed by atoms with Crippen molar-refractivity contribution in [3.8, 4) is 22.9 Å². The fraction of sp³-hybridized carbons (Fsp3) is 0.222. The first-order valence-electron chi connectivity index (χ1n) is 11.1. The van der Waals surface area contributed by atoms with E-state index >= 15 is 0 Å². The van der Waals surface area contributed by atoms with Gasteiger partial charge in [-0.1, -0.05) is 48.2 Å². The predicted molar refractivity (Wildman–Crippen MR) is 140 cm³/mol. The molecular weight excluding hydrogens is 460 g/mol. The van der Waals surface area contributed by atoms with Gasteiger partial charge in [-0.15, -0.1) is 16.8 Å². The Labute approximate surface area is 209 Å². The highest BCUT2D eigenvalue weighted by atomic mass is 32.2. The predicted octanol–water partition coefficient (Wildman–Crippen LogP) is 5.05. The Kier molecular flexibility index (Phi) is 7.72. The van der Waals surface area contributed by atoms with Crippen molar-refractivity contribution in [1.29, 1.82) is 0 Å². The molecule has 3 aromatic carbocycles. The maximum absolute atomic E-state index is 12.9. The Balaban J connectivity index is 1.44. The van der Waals surface area contributed by atoms with Crippen molar-refractivity contribution < 1.29 is 14.3 Å². The molecule has 0 unspecified atom stereocenters. The van der Waals surface area contributed by atoms with Crippen LogP contribution < -0.4 is 9.47 Å². The summed E-state index contributed by atoms with van der Waals surface area (Å²) in [6.45, 7) is 4.90.